The van der Waals surface area contributed by atoms with Crippen molar-refractivity contribution in [3.63, 3.8) is 0 Å². The van der Waals surface area contributed by atoms with Crippen LogP contribution in [0.15, 0.2) is 27.3 Å². The third kappa shape index (κ3) is 2.71. The highest BCUT2D eigenvalue weighted by atomic mass is 79.9. The van der Waals surface area contributed by atoms with Crippen LogP contribution in [0.2, 0.25) is 0 Å². The molecule has 2 aromatic rings. The second-order valence-corrected chi connectivity index (χ2v) is 4.45. The van der Waals surface area contributed by atoms with Crippen LogP contribution in [0.3, 0.4) is 0 Å². The third-order valence-electron chi connectivity index (χ3n) is 2.15. The van der Waals surface area contributed by atoms with Crippen LogP contribution >= 0.6 is 15.9 Å². The van der Waals surface area contributed by atoms with Crippen LogP contribution < -0.4 is 5.32 Å². The molecular formula is C11H10BrN3O2. The van der Waals surface area contributed by atoms with Crippen molar-refractivity contribution in [3.05, 3.63) is 39.8 Å². The van der Waals surface area contributed by atoms with E-state index >= 15 is 0 Å². The van der Waals surface area contributed by atoms with Crippen LogP contribution in [-0.2, 0) is 0 Å². The van der Waals surface area contributed by atoms with Crippen molar-refractivity contribution in [1.29, 1.82) is 0 Å². The molecule has 0 atom stereocenters. The number of aromatic nitrogens is 2. The van der Waals surface area contributed by atoms with Crippen LogP contribution in [0.25, 0.3) is 0 Å². The van der Waals surface area contributed by atoms with Crippen LogP contribution in [0.1, 0.15) is 21.8 Å². The molecule has 2 rings (SSSR count). The molecule has 17 heavy (non-hydrogen) atoms. The Balaban J connectivity index is 2.15. The van der Waals surface area contributed by atoms with Gasteiger partial charge in [0.15, 0.2) is 5.69 Å². The summed E-state index contributed by atoms with van der Waals surface area (Å²) in [6.45, 7) is 3.65. The molecule has 0 unspecified atom stereocenters. The van der Waals surface area contributed by atoms with Gasteiger partial charge in [-0.1, -0.05) is 5.16 Å². The molecule has 2 heterocycles. The minimum Gasteiger partial charge on any atom is -0.361 e. The van der Waals surface area contributed by atoms with Crippen molar-refractivity contribution >= 4 is 27.7 Å². The monoisotopic (exact) mass is 295 g/mol. The van der Waals surface area contributed by atoms with E-state index in [9.17, 15) is 4.79 Å². The predicted octanol–water partition coefficient (Wildman–Crippen LogP) is 2.70. The highest BCUT2D eigenvalue weighted by Gasteiger charge is 2.11. The van der Waals surface area contributed by atoms with Gasteiger partial charge in [0.1, 0.15) is 11.6 Å². The fraction of sp³-hybridized carbons (Fsp3) is 0.182. The molecule has 0 spiro atoms. The Morgan fingerprint density at radius 3 is 2.76 bits per heavy atom. The van der Waals surface area contributed by atoms with Gasteiger partial charge in [0.05, 0.1) is 0 Å². The Morgan fingerprint density at radius 2 is 2.18 bits per heavy atom. The average molecular weight is 296 g/mol. The minimum absolute atomic E-state index is 0.241. The third-order valence-corrected chi connectivity index (χ3v) is 2.98. The molecule has 1 amide bonds. The van der Waals surface area contributed by atoms with Crippen molar-refractivity contribution in [3.8, 4) is 0 Å². The summed E-state index contributed by atoms with van der Waals surface area (Å²) >= 11 is 3.34. The normalized spacial score (nSPS) is 10.3. The highest BCUT2D eigenvalue weighted by Crippen LogP contribution is 2.17. The summed E-state index contributed by atoms with van der Waals surface area (Å²) in [5, 5.41) is 6.27. The first-order valence-corrected chi connectivity index (χ1v) is 5.72. The van der Waals surface area contributed by atoms with E-state index in [2.05, 4.69) is 31.4 Å². The maximum absolute atomic E-state index is 11.7. The smallest absolute Gasteiger partial charge is 0.279 e. The number of hydrogen-bond acceptors (Lipinski definition) is 4. The van der Waals surface area contributed by atoms with Crippen LogP contribution in [0, 0.1) is 13.8 Å². The Bertz CT molecular complexity index is 566. The van der Waals surface area contributed by atoms with Crippen molar-refractivity contribution in [2.24, 2.45) is 0 Å². The van der Waals surface area contributed by atoms with Gasteiger partial charge in [-0.25, -0.2) is 4.98 Å². The highest BCUT2D eigenvalue weighted by molar-refractivity contribution is 9.10. The summed E-state index contributed by atoms with van der Waals surface area (Å²) in [7, 11) is 0. The SMILES string of the molecule is Cc1cc(C(=O)Nc2cc(C)c(Br)cn2)no1. The number of halogens is 1. The van der Waals surface area contributed by atoms with E-state index in [-0.39, 0.29) is 11.6 Å². The maximum atomic E-state index is 11.7. The van der Waals surface area contributed by atoms with E-state index in [0.29, 0.717) is 11.6 Å². The van der Waals surface area contributed by atoms with E-state index in [0.717, 1.165) is 10.0 Å². The van der Waals surface area contributed by atoms with Crippen molar-refractivity contribution in [2.45, 2.75) is 13.8 Å². The van der Waals surface area contributed by atoms with Gasteiger partial charge in [0, 0.05) is 16.7 Å². The van der Waals surface area contributed by atoms with E-state index in [1.165, 1.54) is 0 Å². The number of aryl methyl sites for hydroxylation is 2. The molecule has 6 heteroatoms. The zero-order valence-electron chi connectivity index (χ0n) is 9.32. The van der Waals surface area contributed by atoms with Gasteiger partial charge in [-0.2, -0.15) is 0 Å². The number of hydrogen-bond donors (Lipinski definition) is 1. The summed E-state index contributed by atoms with van der Waals surface area (Å²) in [5.41, 5.74) is 1.23. The molecule has 0 fully saturated rings. The lowest BCUT2D eigenvalue weighted by atomic mass is 10.3. The molecule has 0 aliphatic rings. The lowest BCUT2D eigenvalue weighted by Gasteiger charge is -2.03. The Hall–Kier alpha value is -1.69. The number of nitrogens with one attached hydrogen (secondary N) is 1. The second kappa shape index (κ2) is 4.67. The number of pyridine rings is 1. The van der Waals surface area contributed by atoms with Gasteiger partial charge < -0.3 is 9.84 Å². The molecule has 0 aromatic carbocycles. The van der Waals surface area contributed by atoms with Crippen molar-refractivity contribution < 1.29 is 9.32 Å². The van der Waals surface area contributed by atoms with Gasteiger partial charge in [-0.05, 0) is 41.4 Å². The number of anilines is 1. The molecule has 1 N–H and O–H groups in total. The van der Waals surface area contributed by atoms with Crippen LogP contribution in [-0.4, -0.2) is 16.0 Å². The summed E-state index contributed by atoms with van der Waals surface area (Å²) in [4.78, 5) is 15.8. The quantitative estimate of drug-likeness (QED) is 0.925. The first kappa shape index (κ1) is 11.8. The largest absolute Gasteiger partial charge is 0.361 e. The number of carbonyl (C=O) groups is 1. The molecule has 0 saturated heterocycles. The fourth-order valence-corrected chi connectivity index (χ4v) is 1.48. The van der Waals surface area contributed by atoms with E-state index in [4.69, 9.17) is 4.52 Å². The van der Waals surface area contributed by atoms with Gasteiger partial charge in [-0.3, -0.25) is 4.79 Å². The number of nitrogens with zero attached hydrogens (tertiary/aromatic N) is 2. The molecule has 2 aromatic heterocycles. The van der Waals surface area contributed by atoms with Crippen LogP contribution in [0.5, 0.6) is 0 Å². The zero-order chi connectivity index (χ0) is 12.4. The Kier molecular flexibility index (Phi) is 3.23. The number of rotatable bonds is 2. The van der Waals surface area contributed by atoms with Crippen LogP contribution in [0.4, 0.5) is 5.82 Å². The number of carbonyl (C=O) groups excluding carboxylic acids is 1. The van der Waals surface area contributed by atoms with Gasteiger partial charge in [-0.15, -0.1) is 0 Å². The maximum Gasteiger partial charge on any atom is 0.279 e. The summed E-state index contributed by atoms with van der Waals surface area (Å²) < 4.78 is 5.72. The summed E-state index contributed by atoms with van der Waals surface area (Å²) in [6.07, 6.45) is 1.64. The van der Waals surface area contributed by atoms with Crippen molar-refractivity contribution in [1.82, 2.24) is 10.1 Å². The minimum atomic E-state index is -0.337. The summed E-state index contributed by atoms with van der Waals surface area (Å²) in [6, 6.07) is 3.34. The fourth-order valence-electron chi connectivity index (χ4n) is 1.26. The topological polar surface area (TPSA) is 68.0 Å². The van der Waals surface area contributed by atoms with Gasteiger partial charge in [0.2, 0.25) is 0 Å². The van der Waals surface area contributed by atoms with Gasteiger partial charge >= 0.3 is 0 Å². The molecular weight excluding hydrogens is 286 g/mol. The molecule has 0 aliphatic heterocycles. The van der Waals surface area contributed by atoms with E-state index in [1.807, 2.05) is 6.92 Å². The molecule has 0 bridgehead atoms. The first-order chi connectivity index (χ1) is 8.06. The molecule has 0 radical (unpaired) electrons. The molecule has 5 nitrogen and oxygen atoms in total. The standard InChI is InChI=1S/C11H10BrN3O2/c1-6-3-10(13-5-8(6)12)14-11(16)9-4-7(2)17-15-9/h3-5H,1-2H3,(H,13,14,16). The first-order valence-electron chi connectivity index (χ1n) is 4.93. The van der Waals surface area contributed by atoms with Crippen molar-refractivity contribution in [2.75, 3.05) is 5.32 Å². The second-order valence-electron chi connectivity index (χ2n) is 3.60. The molecule has 0 aliphatic carbocycles. The average Bonchev–Trinajstić information content (AvgIpc) is 2.70. The lowest BCUT2D eigenvalue weighted by Crippen LogP contribution is -2.13. The zero-order valence-corrected chi connectivity index (χ0v) is 10.9. The molecule has 88 valence electrons. The number of amides is 1. The predicted molar refractivity (Wildman–Crippen MR) is 65.9 cm³/mol. The van der Waals surface area contributed by atoms with E-state index in [1.54, 1.807) is 25.3 Å². The molecule has 0 saturated carbocycles. The van der Waals surface area contributed by atoms with E-state index < -0.39 is 0 Å². The summed E-state index contributed by atoms with van der Waals surface area (Å²) in [5.74, 6) is 0.738. The van der Waals surface area contributed by atoms with Gasteiger partial charge in [0.25, 0.3) is 5.91 Å². The lowest BCUT2D eigenvalue weighted by molar-refractivity contribution is 0.101. The Morgan fingerprint density at radius 1 is 1.41 bits per heavy atom. The Labute approximate surface area is 106 Å².